The SMILES string of the molecule is Cc1cccc(NC(=O)C2CCCN(C(=O)CNC(=O)[C@@H](N)C(C)C)C2)n1.Cl.Cl. The van der Waals surface area contributed by atoms with Gasteiger partial charge in [-0.1, -0.05) is 19.9 Å². The fraction of sp³-hybridized carbons (Fsp3) is 0.579. The number of likely N-dealkylation sites (tertiary alicyclic amines) is 1. The van der Waals surface area contributed by atoms with E-state index in [0.717, 1.165) is 12.1 Å². The Bertz CT molecular complexity index is 702. The smallest absolute Gasteiger partial charge is 0.241 e. The van der Waals surface area contributed by atoms with E-state index < -0.39 is 6.04 Å². The topological polar surface area (TPSA) is 117 Å². The zero-order valence-corrected chi connectivity index (χ0v) is 18.6. The quantitative estimate of drug-likeness (QED) is 0.610. The van der Waals surface area contributed by atoms with Crippen LogP contribution in [0, 0.1) is 18.8 Å². The Morgan fingerprint density at radius 2 is 1.97 bits per heavy atom. The second kappa shape index (κ2) is 12.6. The number of carbonyl (C=O) groups excluding carboxylic acids is 3. The largest absolute Gasteiger partial charge is 0.346 e. The number of amides is 3. The van der Waals surface area contributed by atoms with Crippen molar-refractivity contribution in [3.63, 3.8) is 0 Å². The van der Waals surface area contributed by atoms with E-state index in [-0.39, 0.29) is 60.9 Å². The van der Waals surface area contributed by atoms with Crippen LogP contribution < -0.4 is 16.4 Å². The van der Waals surface area contributed by atoms with Gasteiger partial charge in [0.2, 0.25) is 17.7 Å². The molecule has 1 fully saturated rings. The number of hydrogen-bond acceptors (Lipinski definition) is 5. The highest BCUT2D eigenvalue weighted by Crippen LogP contribution is 2.18. The molecule has 0 aromatic carbocycles. The number of nitrogens with zero attached hydrogens (tertiary/aromatic N) is 2. The lowest BCUT2D eigenvalue weighted by atomic mass is 9.97. The van der Waals surface area contributed by atoms with Crippen molar-refractivity contribution in [3.05, 3.63) is 23.9 Å². The van der Waals surface area contributed by atoms with Crippen molar-refractivity contribution in [1.82, 2.24) is 15.2 Å². The summed E-state index contributed by atoms with van der Waals surface area (Å²) >= 11 is 0. The summed E-state index contributed by atoms with van der Waals surface area (Å²) in [4.78, 5) is 42.7. The molecule has 10 heteroatoms. The second-order valence-corrected chi connectivity index (χ2v) is 7.32. The number of anilines is 1. The number of piperidine rings is 1. The van der Waals surface area contributed by atoms with Gasteiger partial charge in [-0.05, 0) is 37.8 Å². The molecule has 8 nitrogen and oxygen atoms in total. The highest BCUT2D eigenvalue weighted by atomic mass is 35.5. The first-order chi connectivity index (χ1) is 12.8. The molecule has 0 radical (unpaired) electrons. The predicted octanol–water partition coefficient (Wildman–Crippen LogP) is 1.51. The van der Waals surface area contributed by atoms with Crippen molar-refractivity contribution >= 4 is 48.4 Å². The molecule has 1 aromatic rings. The molecule has 1 unspecified atom stereocenters. The van der Waals surface area contributed by atoms with Crippen molar-refractivity contribution in [3.8, 4) is 0 Å². The Kier molecular flexibility index (Phi) is 11.8. The van der Waals surface area contributed by atoms with E-state index in [0.29, 0.717) is 25.3 Å². The van der Waals surface area contributed by atoms with Gasteiger partial charge in [-0.25, -0.2) is 4.98 Å². The number of halogens is 2. The lowest BCUT2D eigenvalue weighted by molar-refractivity contribution is -0.136. The minimum Gasteiger partial charge on any atom is -0.346 e. The number of carbonyl (C=O) groups is 3. The number of pyridine rings is 1. The van der Waals surface area contributed by atoms with Crippen LogP contribution in [0.15, 0.2) is 18.2 Å². The summed E-state index contributed by atoms with van der Waals surface area (Å²) in [7, 11) is 0. The molecule has 0 bridgehead atoms. The van der Waals surface area contributed by atoms with Gasteiger partial charge in [-0.3, -0.25) is 14.4 Å². The first kappa shape index (κ1) is 27.1. The molecule has 1 aliphatic heterocycles. The van der Waals surface area contributed by atoms with Crippen molar-refractivity contribution in [2.75, 3.05) is 25.0 Å². The van der Waals surface area contributed by atoms with Gasteiger partial charge in [-0.15, -0.1) is 24.8 Å². The lowest BCUT2D eigenvalue weighted by Crippen LogP contribution is -2.50. The molecule has 2 heterocycles. The van der Waals surface area contributed by atoms with Gasteiger partial charge in [0.05, 0.1) is 18.5 Å². The van der Waals surface area contributed by atoms with Crippen molar-refractivity contribution in [2.24, 2.45) is 17.6 Å². The number of aromatic nitrogens is 1. The third-order valence-corrected chi connectivity index (χ3v) is 4.72. The monoisotopic (exact) mass is 447 g/mol. The van der Waals surface area contributed by atoms with Crippen LogP contribution in [0.5, 0.6) is 0 Å². The van der Waals surface area contributed by atoms with E-state index in [1.54, 1.807) is 11.0 Å². The maximum Gasteiger partial charge on any atom is 0.241 e. The van der Waals surface area contributed by atoms with Gasteiger partial charge in [0.1, 0.15) is 5.82 Å². The van der Waals surface area contributed by atoms with E-state index in [9.17, 15) is 14.4 Å². The van der Waals surface area contributed by atoms with E-state index >= 15 is 0 Å². The molecule has 2 rings (SSSR count). The first-order valence-corrected chi connectivity index (χ1v) is 9.33. The Balaban J connectivity index is 0.00000392. The third-order valence-electron chi connectivity index (χ3n) is 4.72. The Morgan fingerprint density at radius 3 is 2.59 bits per heavy atom. The lowest BCUT2D eigenvalue weighted by Gasteiger charge is -2.32. The molecule has 2 atom stereocenters. The highest BCUT2D eigenvalue weighted by Gasteiger charge is 2.29. The van der Waals surface area contributed by atoms with Crippen LogP contribution in [-0.2, 0) is 14.4 Å². The number of rotatable bonds is 6. The number of nitrogens with two attached hydrogens (primary N) is 1. The minimum atomic E-state index is -0.639. The van der Waals surface area contributed by atoms with Crippen LogP contribution in [0.4, 0.5) is 5.82 Å². The Morgan fingerprint density at radius 1 is 1.28 bits per heavy atom. The fourth-order valence-corrected chi connectivity index (χ4v) is 2.95. The fourth-order valence-electron chi connectivity index (χ4n) is 2.95. The van der Waals surface area contributed by atoms with E-state index in [1.165, 1.54) is 0 Å². The summed E-state index contributed by atoms with van der Waals surface area (Å²) in [6, 6.07) is 4.79. The first-order valence-electron chi connectivity index (χ1n) is 9.33. The normalized spacial score (nSPS) is 16.9. The standard InChI is InChI=1S/C19H29N5O3.2ClH/c1-12(2)17(20)19(27)21-10-16(25)24-9-5-7-14(11-24)18(26)23-15-8-4-6-13(3)22-15;;/h4,6,8,12,14,17H,5,7,9-11,20H2,1-3H3,(H,21,27)(H,22,23,26);2*1H/t14?,17-;;/m0../s1. The predicted molar refractivity (Wildman–Crippen MR) is 117 cm³/mol. The molecule has 0 saturated carbocycles. The molecular formula is C19H31Cl2N5O3. The van der Waals surface area contributed by atoms with Gasteiger partial charge >= 0.3 is 0 Å². The summed E-state index contributed by atoms with van der Waals surface area (Å²) < 4.78 is 0. The molecule has 3 amide bonds. The average molecular weight is 448 g/mol. The Labute approximate surface area is 184 Å². The van der Waals surface area contributed by atoms with Gasteiger partial charge in [0.25, 0.3) is 0 Å². The molecule has 0 spiro atoms. The average Bonchev–Trinajstić information content (AvgIpc) is 2.65. The molecule has 4 N–H and O–H groups in total. The van der Waals surface area contributed by atoms with E-state index in [4.69, 9.17) is 5.73 Å². The molecule has 29 heavy (non-hydrogen) atoms. The zero-order valence-electron chi connectivity index (χ0n) is 17.0. The summed E-state index contributed by atoms with van der Waals surface area (Å²) in [6.07, 6.45) is 1.45. The molecule has 1 saturated heterocycles. The molecular weight excluding hydrogens is 417 g/mol. The summed E-state index contributed by atoms with van der Waals surface area (Å²) in [5, 5.41) is 5.40. The molecule has 0 aliphatic carbocycles. The summed E-state index contributed by atoms with van der Waals surface area (Å²) in [6.45, 7) is 6.37. The zero-order chi connectivity index (χ0) is 20.0. The highest BCUT2D eigenvalue weighted by molar-refractivity contribution is 5.92. The van der Waals surface area contributed by atoms with Crippen LogP contribution >= 0.6 is 24.8 Å². The van der Waals surface area contributed by atoms with Gasteiger partial charge in [-0.2, -0.15) is 0 Å². The molecule has 1 aromatic heterocycles. The maximum absolute atomic E-state index is 12.5. The van der Waals surface area contributed by atoms with E-state index in [2.05, 4.69) is 15.6 Å². The molecule has 164 valence electrons. The summed E-state index contributed by atoms with van der Waals surface area (Å²) in [5.41, 5.74) is 6.60. The molecule has 1 aliphatic rings. The van der Waals surface area contributed by atoms with Crippen LogP contribution in [0.3, 0.4) is 0 Å². The second-order valence-electron chi connectivity index (χ2n) is 7.32. The summed E-state index contributed by atoms with van der Waals surface area (Å²) in [5.74, 6) is -0.465. The van der Waals surface area contributed by atoms with Gasteiger partial charge < -0.3 is 21.3 Å². The van der Waals surface area contributed by atoms with Crippen molar-refractivity contribution in [1.29, 1.82) is 0 Å². The number of hydrogen-bond donors (Lipinski definition) is 3. The third kappa shape index (κ3) is 8.16. The Hall–Kier alpha value is -1.90. The van der Waals surface area contributed by atoms with Gasteiger partial charge in [0.15, 0.2) is 0 Å². The minimum absolute atomic E-state index is 0. The van der Waals surface area contributed by atoms with Crippen LogP contribution in [0.2, 0.25) is 0 Å². The van der Waals surface area contributed by atoms with Crippen LogP contribution in [0.1, 0.15) is 32.4 Å². The van der Waals surface area contributed by atoms with Crippen LogP contribution in [-0.4, -0.2) is 53.3 Å². The van der Waals surface area contributed by atoms with Crippen LogP contribution in [0.25, 0.3) is 0 Å². The van der Waals surface area contributed by atoms with Gasteiger partial charge in [0, 0.05) is 18.8 Å². The van der Waals surface area contributed by atoms with Crippen molar-refractivity contribution in [2.45, 2.75) is 39.7 Å². The number of nitrogens with one attached hydrogen (secondary N) is 2. The number of aryl methyl sites for hydroxylation is 1. The van der Waals surface area contributed by atoms with Crippen molar-refractivity contribution < 1.29 is 14.4 Å². The maximum atomic E-state index is 12.5. The van der Waals surface area contributed by atoms with E-state index in [1.807, 2.05) is 32.9 Å².